The molecule has 122 valence electrons. The number of aryl methyl sites for hydroxylation is 3. The molecule has 0 heterocycles. The monoisotopic (exact) mass is 351 g/mol. The number of ether oxygens (including phenoxy) is 1. The van der Waals surface area contributed by atoms with Crippen molar-refractivity contribution < 1.29 is 9.53 Å². The summed E-state index contributed by atoms with van der Waals surface area (Å²) in [5.74, 6) is 0.283. The summed E-state index contributed by atoms with van der Waals surface area (Å²) in [6.45, 7) is 7.67. The fourth-order valence-electron chi connectivity index (χ4n) is 2.41. The van der Waals surface area contributed by atoms with E-state index in [1.165, 1.54) is 0 Å². The van der Waals surface area contributed by atoms with Gasteiger partial charge in [0.05, 0.1) is 10.0 Å². The Morgan fingerprint density at radius 1 is 1.04 bits per heavy atom. The Balaban J connectivity index is 2.10. The Kier molecular flexibility index (Phi) is 5.55. The normalized spacial score (nSPS) is 11.9. The molecular formula is C18H19Cl2NO2. The molecule has 0 aromatic heterocycles. The van der Waals surface area contributed by atoms with Crippen molar-refractivity contribution in [2.75, 3.05) is 5.32 Å². The fraction of sp³-hybridized carbons (Fsp3) is 0.278. The number of benzene rings is 2. The Bertz CT molecular complexity index is 721. The molecule has 0 fully saturated rings. The van der Waals surface area contributed by atoms with Crippen LogP contribution in [0.2, 0.25) is 10.0 Å². The van der Waals surface area contributed by atoms with Crippen LogP contribution in [0.4, 0.5) is 5.69 Å². The summed E-state index contributed by atoms with van der Waals surface area (Å²) in [5.41, 5.74) is 4.04. The van der Waals surface area contributed by atoms with Gasteiger partial charge in [-0.15, -0.1) is 0 Å². The van der Waals surface area contributed by atoms with Crippen molar-refractivity contribution >= 4 is 34.8 Å². The Morgan fingerprint density at radius 3 is 2.22 bits per heavy atom. The van der Waals surface area contributed by atoms with Gasteiger partial charge in [-0.3, -0.25) is 4.79 Å². The lowest BCUT2D eigenvalue weighted by atomic mass is 10.0. The lowest BCUT2D eigenvalue weighted by Gasteiger charge is -2.18. The van der Waals surface area contributed by atoms with Crippen LogP contribution < -0.4 is 10.1 Å². The van der Waals surface area contributed by atoms with Crippen LogP contribution in [0.15, 0.2) is 30.3 Å². The van der Waals surface area contributed by atoms with Crippen LogP contribution in [-0.2, 0) is 4.79 Å². The van der Waals surface area contributed by atoms with Crippen LogP contribution in [-0.4, -0.2) is 12.0 Å². The van der Waals surface area contributed by atoms with E-state index in [1.54, 1.807) is 25.1 Å². The zero-order valence-electron chi connectivity index (χ0n) is 13.5. The predicted molar refractivity (Wildman–Crippen MR) is 95.8 cm³/mol. The lowest BCUT2D eigenvalue weighted by Crippen LogP contribution is -2.30. The van der Waals surface area contributed by atoms with E-state index in [-0.39, 0.29) is 5.91 Å². The second-order valence-corrected chi connectivity index (χ2v) is 6.41. The van der Waals surface area contributed by atoms with Gasteiger partial charge in [0.2, 0.25) is 0 Å². The van der Waals surface area contributed by atoms with E-state index in [4.69, 9.17) is 27.9 Å². The molecule has 3 nitrogen and oxygen atoms in total. The number of carbonyl (C=O) groups excluding carboxylic acids is 1. The molecule has 23 heavy (non-hydrogen) atoms. The van der Waals surface area contributed by atoms with Gasteiger partial charge in [-0.2, -0.15) is 0 Å². The van der Waals surface area contributed by atoms with Crippen molar-refractivity contribution in [3.8, 4) is 5.75 Å². The third-order valence-corrected chi connectivity index (χ3v) is 4.24. The zero-order valence-corrected chi connectivity index (χ0v) is 15.0. The molecule has 5 heteroatoms. The largest absolute Gasteiger partial charge is 0.481 e. The number of anilines is 1. The summed E-state index contributed by atoms with van der Waals surface area (Å²) in [7, 11) is 0. The number of carbonyl (C=O) groups is 1. The quantitative estimate of drug-likeness (QED) is 0.808. The van der Waals surface area contributed by atoms with Gasteiger partial charge in [0.25, 0.3) is 5.91 Å². The highest BCUT2D eigenvalue weighted by Gasteiger charge is 2.17. The predicted octanol–water partition coefficient (Wildman–Crippen LogP) is 5.32. The maximum atomic E-state index is 12.4. The standard InChI is InChI=1S/C18H19Cl2NO2/c1-10-7-11(2)17(12(3)8-10)21-18(22)13(4)23-14-5-6-15(19)16(20)9-14/h5-9,13H,1-4H3,(H,21,22). The summed E-state index contributed by atoms with van der Waals surface area (Å²) in [4.78, 5) is 12.4. The molecule has 1 N–H and O–H groups in total. The van der Waals surface area contributed by atoms with E-state index in [0.717, 1.165) is 22.4 Å². The molecular weight excluding hydrogens is 333 g/mol. The van der Waals surface area contributed by atoms with Crippen molar-refractivity contribution in [2.45, 2.75) is 33.8 Å². The molecule has 2 aromatic rings. The molecule has 1 atom stereocenters. The minimum Gasteiger partial charge on any atom is -0.481 e. The fourth-order valence-corrected chi connectivity index (χ4v) is 2.70. The smallest absolute Gasteiger partial charge is 0.265 e. The molecule has 2 aromatic carbocycles. The van der Waals surface area contributed by atoms with Crippen molar-refractivity contribution in [2.24, 2.45) is 0 Å². The van der Waals surface area contributed by atoms with E-state index in [1.807, 2.05) is 32.9 Å². The van der Waals surface area contributed by atoms with E-state index >= 15 is 0 Å². The third-order valence-electron chi connectivity index (χ3n) is 3.50. The molecule has 1 amide bonds. The average Bonchev–Trinajstić information content (AvgIpc) is 2.46. The molecule has 0 saturated carbocycles. The van der Waals surface area contributed by atoms with E-state index in [9.17, 15) is 4.79 Å². The number of nitrogens with one attached hydrogen (secondary N) is 1. The molecule has 0 spiro atoms. The van der Waals surface area contributed by atoms with Gasteiger partial charge in [0.1, 0.15) is 5.75 Å². The van der Waals surface area contributed by atoms with E-state index in [0.29, 0.717) is 15.8 Å². The number of hydrogen-bond acceptors (Lipinski definition) is 2. The van der Waals surface area contributed by atoms with Crippen LogP contribution in [0.3, 0.4) is 0 Å². The molecule has 0 aliphatic carbocycles. The van der Waals surface area contributed by atoms with Crippen molar-refractivity contribution in [3.05, 3.63) is 57.1 Å². The lowest BCUT2D eigenvalue weighted by molar-refractivity contribution is -0.122. The number of hydrogen-bond donors (Lipinski definition) is 1. The molecule has 0 radical (unpaired) electrons. The Hall–Kier alpha value is -1.71. The molecule has 2 rings (SSSR count). The van der Waals surface area contributed by atoms with Gasteiger partial charge in [-0.05, 0) is 51.0 Å². The van der Waals surface area contributed by atoms with Crippen molar-refractivity contribution in [1.82, 2.24) is 0 Å². The Morgan fingerprint density at radius 2 is 1.65 bits per heavy atom. The zero-order chi connectivity index (χ0) is 17.1. The molecule has 0 bridgehead atoms. The number of rotatable bonds is 4. The average molecular weight is 352 g/mol. The van der Waals surface area contributed by atoms with E-state index < -0.39 is 6.10 Å². The van der Waals surface area contributed by atoms with Gasteiger partial charge in [0.15, 0.2) is 6.10 Å². The van der Waals surface area contributed by atoms with Crippen LogP contribution in [0.1, 0.15) is 23.6 Å². The maximum absolute atomic E-state index is 12.4. The first-order valence-corrected chi connectivity index (χ1v) is 8.04. The summed E-state index contributed by atoms with van der Waals surface area (Å²) in [6.07, 6.45) is -0.660. The van der Waals surface area contributed by atoms with Crippen LogP contribution in [0, 0.1) is 20.8 Å². The van der Waals surface area contributed by atoms with Gasteiger partial charge in [-0.1, -0.05) is 40.9 Å². The summed E-state index contributed by atoms with van der Waals surface area (Å²) in [5, 5.41) is 3.77. The van der Waals surface area contributed by atoms with Gasteiger partial charge >= 0.3 is 0 Å². The molecule has 1 unspecified atom stereocenters. The van der Waals surface area contributed by atoms with E-state index in [2.05, 4.69) is 5.32 Å². The first-order chi connectivity index (χ1) is 10.8. The second-order valence-electron chi connectivity index (χ2n) is 5.60. The molecule has 0 aliphatic rings. The highest BCUT2D eigenvalue weighted by molar-refractivity contribution is 6.42. The van der Waals surface area contributed by atoms with Crippen LogP contribution in [0.5, 0.6) is 5.75 Å². The maximum Gasteiger partial charge on any atom is 0.265 e. The first kappa shape index (κ1) is 17.6. The van der Waals surface area contributed by atoms with Gasteiger partial charge in [-0.25, -0.2) is 0 Å². The topological polar surface area (TPSA) is 38.3 Å². The van der Waals surface area contributed by atoms with Gasteiger partial charge in [0, 0.05) is 11.8 Å². The second kappa shape index (κ2) is 7.24. The third kappa shape index (κ3) is 4.40. The van der Waals surface area contributed by atoms with Gasteiger partial charge < -0.3 is 10.1 Å². The molecule has 0 aliphatic heterocycles. The van der Waals surface area contributed by atoms with Crippen molar-refractivity contribution in [1.29, 1.82) is 0 Å². The minimum atomic E-state index is -0.660. The van der Waals surface area contributed by atoms with Crippen LogP contribution >= 0.6 is 23.2 Å². The number of halogens is 2. The summed E-state index contributed by atoms with van der Waals surface area (Å²) in [6, 6.07) is 8.98. The highest BCUT2D eigenvalue weighted by Crippen LogP contribution is 2.27. The number of amides is 1. The summed E-state index contributed by atoms with van der Waals surface area (Å²) < 4.78 is 5.63. The SMILES string of the molecule is Cc1cc(C)c(NC(=O)C(C)Oc2ccc(Cl)c(Cl)c2)c(C)c1. The highest BCUT2D eigenvalue weighted by atomic mass is 35.5. The summed E-state index contributed by atoms with van der Waals surface area (Å²) >= 11 is 11.8. The minimum absolute atomic E-state index is 0.217. The van der Waals surface area contributed by atoms with Crippen LogP contribution in [0.25, 0.3) is 0 Å². The Labute approximate surface area is 146 Å². The first-order valence-electron chi connectivity index (χ1n) is 7.28. The molecule has 0 saturated heterocycles. The van der Waals surface area contributed by atoms with Crippen molar-refractivity contribution in [3.63, 3.8) is 0 Å².